The van der Waals surface area contributed by atoms with Crippen LogP contribution < -0.4 is 0 Å². The van der Waals surface area contributed by atoms with Crippen molar-refractivity contribution in [2.75, 3.05) is 32.7 Å². The second-order valence-corrected chi connectivity index (χ2v) is 5.50. The molecule has 6 heteroatoms. The average Bonchev–Trinajstić information content (AvgIpc) is 2.38. The molecule has 0 aromatic carbocycles. The number of carbonyl (C=O) groups excluding carboxylic acids is 1. The van der Waals surface area contributed by atoms with Crippen LogP contribution >= 0.6 is 0 Å². The summed E-state index contributed by atoms with van der Waals surface area (Å²) >= 11 is 0. The Bertz CT molecular complexity index is 301. The van der Waals surface area contributed by atoms with Gasteiger partial charge in [-0.05, 0) is 38.8 Å². The molecule has 1 fully saturated rings. The largest absolute Gasteiger partial charge is 0.393 e. The second-order valence-electron chi connectivity index (χ2n) is 5.50. The van der Waals surface area contributed by atoms with Crippen molar-refractivity contribution in [1.29, 1.82) is 0 Å². The molecule has 0 aliphatic carbocycles. The smallest absolute Gasteiger partial charge is 0.341 e. The Morgan fingerprint density at radius 2 is 1.85 bits per heavy atom. The summed E-state index contributed by atoms with van der Waals surface area (Å²) in [6.45, 7) is 6.23. The van der Waals surface area contributed by atoms with E-state index in [9.17, 15) is 18.0 Å². The highest BCUT2D eigenvalue weighted by molar-refractivity contribution is 5.78. The van der Waals surface area contributed by atoms with Crippen LogP contribution in [0.5, 0.6) is 0 Å². The van der Waals surface area contributed by atoms with Gasteiger partial charge in [-0.3, -0.25) is 9.69 Å². The molecular weight excluding hydrogens is 269 g/mol. The number of rotatable bonds is 6. The SMILES string of the molecule is CCCN(CCC)CC(=O)N1CCCC(C(F)(F)F)C1. The van der Waals surface area contributed by atoms with Crippen LogP contribution in [-0.4, -0.2) is 54.6 Å². The molecule has 1 atom stereocenters. The highest BCUT2D eigenvalue weighted by Crippen LogP contribution is 2.33. The summed E-state index contributed by atoms with van der Waals surface area (Å²) in [4.78, 5) is 15.6. The summed E-state index contributed by atoms with van der Waals surface area (Å²) in [5.41, 5.74) is 0. The van der Waals surface area contributed by atoms with Gasteiger partial charge < -0.3 is 4.90 Å². The molecule has 3 nitrogen and oxygen atoms in total. The maximum Gasteiger partial charge on any atom is 0.393 e. The van der Waals surface area contributed by atoms with Crippen molar-refractivity contribution in [2.24, 2.45) is 5.92 Å². The van der Waals surface area contributed by atoms with Crippen molar-refractivity contribution in [2.45, 2.75) is 45.7 Å². The Kier molecular flexibility index (Phi) is 6.79. The van der Waals surface area contributed by atoms with Crippen LogP contribution in [0.3, 0.4) is 0 Å². The van der Waals surface area contributed by atoms with Gasteiger partial charge in [0.15, 0.2) is 0 Å². The van der Waals surface area contributed by atoms with Crippen LogP contribution in [0.25, 0.3) is 0 Å². The van der Waals surface area contributed by atoms with Gasteiger partial charge in [-0.15, -0.1) is 0 Å². The third-order valence-corrected chi connectivity index (χ3v) is 3.68. The van der Waals surface area contributed by atoms with Crippen LogP contribution in [0.4, 0.5) is 13.2 Å². The normalized spacial score (nSPS) is 20.5. The number of alkyl halides is 3. The van der Waals surface area contributed by atoms with Gasteiger partial charge in [0.1, 0.15) is 0 Å². The van der Waals surface area contributed by atoms with Crippen LogP contribution in [0.2, 0.25) is 0 Å². The lowest BCUT2D eigenvalue weighted by Gasteiger charge is -2.35. The molecule has 0 aromatic rings. The lowest BCUT2D eigenvalue weighted by Crippen LogP contribution is -2.48. The van der Waals surface area contributed by atoms with E-state index in [1.165, 1.54) is 4.90 Å². The van der Waals surface area contributed by atoms with Crippen LogP contribution in [0.15, 0.2) is 0 Å². The predicted molar refractivity (Wildman–Crippen MR) is 72.4 cm³/mol. The maximum atomic E-state index is 12.7. The fourth-order valence-electron chi connectivity index (χ4n) is 2.66. The van der Waals surface area contributed by atoms with E-state index < -0.39 is 12.1 Å². The van der Waals surface area contributed by atoms with Crippen LogP contribution in [0.1, 0.15) is 39.5 Å². The molecule has 1 aliphatic rings. The summed E-state index contributed by atoms with van der Waals surface area (Å²) in [5.74, 6) is -1.52. The third kappa shape index (κ3) is 5.31. The molecule has 0 radical (unpaired) electrons. The Balaban J connectivity index is 2.53. The average molecular weight is 294 g/mol. The van der Waals surface area contributed by atoms with Crippen molar-refractivity contribution in [3.8, 4) is 0 Å². The molecule has 0 saturated carbocycles. The Labute approximate surface area is 119 Å². The van der Waals surface area contributed by atoms with Crippen molar-refractivity contribution in [3.05, 3.63) is 0 Å². The topological polar surface area (TPSA) is 23.6 Å². The van der Waals surface area contributed by atoms with Gasteiger partial charge in [-0.25, -0.2) is 0 Å². The first-order valence-corrected chi connectivity index (χ1v) is 7.45. The molecule has 1 saturated heterocycles. The van der Waals surface area contributed by atoms with Gasteiger partial charge in [0.05, 0.1) is 12.5 Å². The number of hydrogen-bond donors (Lipinski definition) is 0. The zero-order valence-corrected chi connectivity index (χ0v) is 12.4. The van der Waals surface area contributed by atoms with E-state index in [0.717, 1.165) is 25.9 Å². The first kappa shape index (κ1) is 17.3. The number of piperidine rings is 1. The lowest BCUT2D eigenvalue weighted by atomic mass is 9.97. The van der Waals surface area contributed by atoms with Crippen molar-refractivity contribution in [3.63, 3.8) is 0 Å². The highest BCUT2D eigenvalue weighted by atomic mass is 19.4. The number of nitrogens with zero attached hydrogens (tertiary/aromatic N) is 2. The molecule has 20 heavy (non-hydrogen) atoms. The molecule has 1 amide bonds. The molecule has 1 heterocycles. The van der Waals surface area contributed by atoms with Gasteiger partial charge in [0.25, 0.3) is 0 Å². The van der Waals surface area contributed by atoms with Gasteiger partial charge in [0, 0.05) is 13.1 Å². The summed E-state index contributed by atoms with van der Waals surface area (Å²) in [7, 11) is 0. The van der Waals surface area contributed by atoms with E-state index in [1.54, 1.807) is 0 Å². The summed E-state index contributed by atoms with van der Waals surface area (Å²) in [5, 5.41) is 0. The zero-order chi connectivity index (χ0) is 15.2. The van der Waals surface area contributed by atoms with E-state index in [1.807, 2.05) is 18.7 Å². The highest BCUT2D eigenvalue weighted by Gasteiger charge is 2.42. The molecule has 118 valence electrons. The maximum absolute atomic E-state index is 12.7. The Morgan fingerprint density at radius 1 is 1.25 bits per heavy atom. The molecule has 0 spiro atoms. The second kappa shape index (κ2) is 7.86. The fraction of sp³-hybridized carbons (Fsp3) is 0.929. The number of likely N-dealkylation sites (tertiary alicyclic amines) is 1. The minimum Gasteiger partial charge on any atom is -0.341 e. The zero-order valence-electron chi connectivity index (χ0n) is 12.4. The molecule has 0 N–H and O–H groups in total. The summed E-state index contributed by atoms with van der Waals surface area (Å²) in [6, 6.07) is 0. The molecule has 1 unspecified atom stereocenters. The van der Waals surface area contributed by atoms with Gasteiger partial charge >= 0.3 is 6.18 Å². The van der Waals surface area contributed by atoms with E-state index in [-0.39, 0.29) is 25.4 Å². The van der Waals surface area contributed by atoms with Crippen molar-refractivity contribution >= 4 is 5.91 Å². The first-order chi connectivity index (χ1) is 9.38. The molecule has 0 bridgehead atoms. The first-order valence-electron chi connectivity index (χ1n) is 7.45. The summed E-state index contributed by atoms with van der Waals surface area (Å²) in [6.07, 6.45) is -1.72. The Hall–Kier alpha value is -0.780. The van der Waals surface area contributed by atoms with Gasteiger partial charge in [-0.2, -0.15) is 13.2 Å². The standard InChI is InChI=1S/C14H25F3N2O/c1-3-7-18(8-4-2)11-13(20)19-9-5-6-12(10-19)14(15,16)17/h12H,3-11H2,1-2H3. The monoisotopic (exact) mass is 294 g/mol. The number of amides is 1. The minimum atomic E-state index is -4.19. The van der Waals surface area contributed by atoms with Crippen molar-refractivity contribution < 1.29 is 18.0 Å². The predicted octanol–water partition coefficient (Wildman–Crippen LogP) is 2.91. The Morgan fingerprint density at radius 3 is 2.35 bits per heavy atom. The molecule has 1 rings (SSSR count). The molecule has 0 aromatic heterocycles. The third-order valence-electron chi connectivity index (χ3n) is 3.68. The molecular formula is C14H25F3N2O. The number of carbonyl (C=O) groups is 1. The van der Waals surface area contributed by atoms with Gasteiger partial charge in [0.2, 0.25) is 5.91 Å². The van der Waals surface area contributed by atoms with Crippen LogP contribution in [-0.2, 0) is 4.79 Å². The van der Waals surface area contributed by atoms with E-state index in [4.69, 9.17) is 0 Å². The van der Waals surface area contributed by atoms with E-state index >= 15 is 0 Å². The minimum absolute atomic E-state index is 0.140. The fourth-order valence-corrected chi connectivity index (χ4v) is 2.66. The van der Waals surface area contributed by atoms with E-state index in [2.05, 4.69) is 0 Å². The quantitative estimate of drug-likeness (QED) is 0.752. The van der Waals surface area contributed by atoms with Crippen molar-refractivity contribution in [1.82, 2.24) is 9.80 Å². The van der Waals surface area contributed by atoms with Crippen LogP contribution in [0, 0.1) is 5.92 Å². The van der Waals surface area contributed by atoms with Gasteiger partial charge in [-0.1, -0.05) is 13.8 Å². The molecule has 1 aliphatic heterocycles. The lowest BCUT2D eigenvalue weighted by molar-refractivity contribution is -0.188. The summed E-state index contributed by atoms with van der Waals surface area (Å²) < 4.78 is 38.2. The van der Waals surface area contributed by atoms with E-state index in [0.29, 0.717) is 13.0 Å². The number of halogens is 3. The number of hydrogen-bond acceptors (Lipinski definition) is 2.